The summed E-state index contributed by atoms with van der Waals surface area (Å²) in [5, 5.41) is 4.98. The van der Waals surface area contributed by atoms with Gasteiger partial charge in [-0.25, -0.2) is 5.01 Å². The van der Waals surface area contributed by atoms with E-state index in [4.69, 9.17) is 39.5 Å². The van der Waals surface area contributed by atoms with E-state index in [1.807, 2.05) is 12.2 Å². The van der Waals surface area contributed by atoms with Gasteiger partial charge >= 0.3 is 0 Å². The zero-order valence-corrected chi connectivity index (χ0v) is 21.2. The number of hydrazine groups is 1. The van der Waals surface area contributed by atoms with Gasteiger partial charge in [0, 0.05) is 10.0 Å². The lowest BCUT2D eigenvalue weighted by molar-refractivity contribution is -0.156. The van der Waals surface area contributed by atoms with Crippen molar-refractivity contribution in [2.45, 2.75) is 6.42 Å². The van der Waals surface area contributed by atoms with E-state index in [1.54, 1.807) is 12.1 Å². The van der Waals surface area contributed by atoms with Crippen LogP contribution >= 0.6 is 34.8 Å². The number of methoxy groups -OCH3 is 1. The van der Waals surface area contributed by atoms with Crippen molar-refractivity contribution in [3.63, 3.8) is 0 Å². The maximum absolute atomic E-state index is 13.6. The van der Waals surface area contributed by atoms with Gasteiger partial charge in [0.05, 0.1) is 35.2 Å². The number of allylic oxidation sites excluding steroid dienone is 2. The molecule has 2 bridgehead atoms. The van der Waals surface area contributed by atoms with Gasteiger partial charge in [-0.2, -0.15) is 5.01 Å². The molecule has 186 valence electrons. The van der Waals surface area contributed by atoms with E-state index in [2.05, 4.69) is 5.32 Å². The van der Waals surface area contributed by atoms with Crippen LogP contribution in [-0.2, 0) is 14.4 Å². The number of halogens is 3. The van der Waals surface area contributed by atoms with Gasteiger partial charge in [-0.3, -0.25) is 19.2 Å². The van der Waals surface area contributed by atoms with E-state index in [0.29, 0.717) is 15.8 Å². The summed E-state index contributed by atoms with van der Waals surface area (Å²) in [6.45, 7) is -0.632. The molecule has 0 unspecified atom stereocenters. The maximum Gasteiger partial charge on any atom is 0.274 e. The number of nitrogens with zero attached hydrogens (tertiary/aromatic N) is 2. The number of rotatable bonds is 6. The quantitative estimate of drug-likeness (QED) is 0.425. The zero-order chi connectivity index (χ0) is 25.7. The highest BCUT2D eigenvalue weighted by molar-refractivity contribution is 6.36. The highest BCUT2D eigenvalue weighted by Crippen LogP contribution is 2.52. The third kappa shape index (κ3) is 4.13. The van der Waals surface area contributed by atoms with Crippen molar-refractivity contribution < 1.29 is 23.9 Å². The molecule has 11 heteroatoms. The number of carbonyl (C=O) groups excluding carboxylic acids is 4. The Hall–Kier alpha value is -3.07. The summed E-state index contributed by atoms with van der Waals surface area (Å²) in [5.74, 6) is -3.37. The minimum Gasteiger partial charge on any atom is -0.495 e. The first-order chi connectivity index (χ1) is 17.2. The number of imide groups is 1. The van der Waals surface area contributed by atoms with Crippen LogP contribution < -0.4 is 10.1 Å². The second kappa shape index (κ2) is 9.42. The minimum atomic E-state index is -0.785. The third-order valence-corrected chi connectivity index (χ3v) is 7.60. The fourth-order valence-electron chi connectivity index (χ4n) is 5.26. The lowest BCUT2D eigenvalue weighted by atomic mass is 9.85. The lowest BCUT2D eigenvalue weighted by Crippen LogP contribution is -2.53. The highest BCUT2D eigenvalue weighted by Gasteiger charge is 2.61. The topological polar surface area (TPSA) is 96.0 Å². The molecule has 2 fully saturated rings. The Morgan fingerprint density at radius 2 is 1.61 bits per heavy atom. The lowest BCUT2D eigenvalue weighted by Gasteiger charge is -2.31. The summed E-state index contributed by atoms with van der Waals surface area (Å²) >= 11 is 18.3. The van der Waals surface area contributed by atoms with Gasteiger partial charge in [0.1, 0.15) is 12.3 Å². The first-order valence-electron chi connectivity index (χ1n) is 11.2. The van der Waals surface area contributed by atoms with E-state index >= 15 is 0 Å². The Morgan fingerprint density at radius 3 is 2.22 bits per heavy atom. The van der Waals surface area contributed by atoms with Crippen molar-refractivity contribution in [2.24, 2.45) is 23.7 Å². The molecule has 1 heterocycles. The van der Waals surface area contributed by atoms with E-state index in [-0.39, 0.29) is 28.1 Å². The van der Waals surface area contributed by atoms with Crippen LogP contribution in [0.1, 0.15) is 16.8 Å². The summed E-state index contributed by atoms with van der Waals surface area (Å²) < 4.78 is 5.26. The van der Waals surface area contributed by atoms with Crippen molar-refractivity contribution >= 4 is 64.1 Å². The zero-order valence-electron chi connectivity index (χ0n) is 18.9. The van der Waals surface area contributed by atoms with Gasteiger partial charge in [-0.1, -0.05) is 47.0 Å². The van der Waals surface area contributed by atoms with Gasteiger partial charge in [0.15, 0.2) is 0 Å². The third-order valence-electron chi connectivity index (χ3n) is 6.81. The second-order valence-corrected chi connectivity index (χ2v) is 10.1. The monoisotopic (exact) mass is 547 g/mol. The highest BCUT2D eigenvalue weighted by atomic mass is 35.5. The average molecular weight is 549 g/mol. The largest absolute Gasteiger partial charge is 0.495 e. The van der Waals surface area contributed by atoms with Crippen molar-refractivity contribution in [1.82, 2.24) is 10.0 Å². The van der Waals surface area contributed by atoms with Crippen LogP contribution in [0.4, 0.5) is 5.69 Å². The number of carbonyl (C=O) groups is 4. The number of ether oxygens (including phenoxy) is 1. The number of hydrogen-bond acceptors (Lipinski definition) is 5. The van der Waals surface area contributed by atoms with Gasteiger partial charge in [-0.05, 0) is 54.7 Å². The van der Waals surface area contributed by atoms with E-state index in [1.165, 1.54) is 31.4 Å². The van der Waals surface area contributed by atoms with Crippen LogP contribution in [0.25, 0.3) is 0 Å². The summed E-state index contributed by atoms with van der Waals surface area (Å²) in [6.07, 6.45) is 4.62. The van der Waals surface area contributed by atoms with Crippen molar-refractivity contribution in [2.75, 3.05) is 19.0 Å². The molecule has 3 aliphatic rings. The molecule has 4 atom stereocenters. The molecule has 1 aliphatic heterocycles. The molecular formula is C25H20Cl3N3O5. The van der Waals surface area contributed by atoms with E-state index < -0.39 is 42.0 Å². The van der Waals surface area contributed by atoms with Gasteiger partial charge in [-0.15, -0.1) is 0 Å². The van der Waals surface area contributed by atoms with Crippen molar-refractivity contribution in [1.29, 1.82) is 0 Å². The standard InChI is InChI=1S/C25H20Cl3N3O5/c1-36-19-7-5-15(27)10-18(19)29-20(32)11-30(23(33)16-6-4-14(26)9-17(16)28)31-24(34)21-12-2-3-13(8-12)22(21)25(31)35/h2-7,9-10,12-13,21-22H,8,11H2,1H3,(H,29,32)/t12-,13-,21+,22+/m0/s1. The van der Waals surface area contributed by atoms with Gasteiger partial charge < -0.3 is 10.1 Å². The molecule has 4 amide bonds. The van der Waals surface area contributed by atoms with Crippen LogP contribution in [-0.4, -0.2) is 47.3 Å². The average Bonchev–Trinajstić information content (AvgIpc) is 3.51. The molecule has 1 saturated carbocycles. The fourth-order valence-corrected chi connectivity index (χ4v) is 5.92. The number of anilines is 1. The van der Waals surface area contributed by atoms with Crippen LogP contribution in [0, 0.1) is 23.7 Å². The number of fused-ring (bicyclic) bond motifs is 5. The molecule has 2 aromatic carbocycles. The molecule has 0 aromatic heterocycles. The molecule has 0 spiro atoms. The van der Waals surface area contributed by atoms with Crippen LogP contribution in [0.5, 0.6) is 5.75 Å². The van der Waals surface area contributed by atoms with E-state index in [0.717, 1.165) is 16.4 Å². The van der Waals surface area contributed by atoms with Crippen LogP contribution in [0.15, 0.2) is 48.6 Å². The van der Waals surface area contributed by atoms with Crippen molar-refractivity contribution in [3.05, 3.63) is 69.2 Å². The molecular weight excluding hydrogens is 529 g/mol. The maximum atomic E-state index is 13.6. The molecule has 1 N–H and O–H groups in total. The summed E-state index contributed by atoms with van der Waals surface area (Å²) in [7, 11) is 1.43. The molecule has 2 aromatic rings. The molecule has 36 heavy (non-hydrogen) atoms. The SMILES string of the molecule is COc1ccc(Cl)cc1NC(=O)CN(C(=O)c1ccc(Cl)cc1Cl)N1C(=O)[C@H]2[C@H](C1=O)[C@H]1C=C[C@H]2C1. The number of benzene rings is 2. The first-order valence-corrected chi connectivity index (χ1v) is 12.3. The molecule has 0 radical (unpaired) electrons. The predicted molar refractivity (Wildman–Crippen MR) is 134 cm³/mol. The predicted octanol–water partition coefficient (Wildman–Crippen LogP) is 4.46. The van der Waals surface area contributed by atoms with Crippen LogP contribution in [0.3, 0.4) is 0 Å². The summed E-state index contributed by atoms with van der Waals surface area (Å²) in [4.78, 5) is 53.6. The van der Waals surface area contributed by atoms with Gasteiger partial charge in [0.25, 0.3) is 17.7 Å². The fraction of sp³-hybridized carbons (Fsp3) is 0.280. The molecule has 5 rings (SSSR count). The smallest absolute Gasteiger partial charge is 0.274 e. The second-order valence-electron chi connectivity index (χ2n) is 8.87. The normalized spacial score (nSPS) is 23.7. The first kappa shape index (κ1) is 24.6. The Labute approximate surface area is 221 Å². The Morgan fingerprint density at radius 1 is 1.00 bits per heavy atom. The number of amides is 4. The molecule has 2 aliphatic carbocycles. The Balaban J connectivity index is 1.48. The molecule has 1 saturated heterocycles. The Kier molecular flexibility index (Phi) is 6.44. The minimum absolute atomic E-state index is 0.00652. The Bertz CT molecular complexity index is 1300. The summed E-state index contributed by atoms with van der Waals surface area (Å²) in [6, 6.07) is 8.87. The number of nitrogens with one attached hydrogen (secondary N) is 1. The summed E-state index contributed by atoms with van der Waals surface area (Å²) in [5.41, 5.74) is 0.262. The van der Waals surface area contributed by atoms with Crippen LogP contribution in [0.2, 0.25) is 15.1 Å². The van der Waals surface area contributed by atoms with Gasteiger partial charge in [0.2, 0.25) is 5.91 Å². The van der Waals surface area contributed by atoms with E-state index in [9.17, 15) is 19.2 Å². The molecule has 8 nitrogen and oxygen atoms in total. The van der Waals surface area contributed by atoms with Crippen molar-refractivity contribution in [3.8, 4) is 5.75 Å². The number of hydrogen-bond donors (Lipinski definition) is 1.